The van der Waals surface area contributed by atoms with Gasteiger partial charge in [0.2, 0.25) is 0 Å². The summed E-state index contributed by atoms with van der Waals surface area (Å²) in [5.74, 6) is 0.881. The van der Waals surface area contributed by atoms with Crippen molar-refractivity contribution in [2.45, 2.75) is 21.6 Å². The molecule has 0 saturated heterocycles. The highest BCUT2D eigenvalue weighted by molar-refractivity contribution is 8.13. The minimum absolute atomic E-state index is 0.131. The number of aryl methyl sites for hydroxylation is 1. The molecule has 1 unspecified atom stereocenters. The third kappa shape index (κ3) is 4.73. The van der Waals surface area contributed by atoms with Crippen LogP contribution in [0.1, 0.15) is 5.56 Å². The van der Waals surface area contributed by atoms with Gasteiger partial charge in [0, 0.05) is 26.5 Å². The Balaban J connectivity index is 1.81. The second-order valence-corrected chi connectivity index (χ2v) is 9.92. The molecule has 3 aromatic carbocycles. The number of ether oxygens (including phenoxy) is 2. The molecule has 0 aliphatic rings. The van der Waals surface area contributed by atoms with E-state index in [0.717, 1.165) is 5.56 Å². The monoisotopic (exact) mass is 436 g/mol. The molecule has 0 aromatic heterocycles. The van der Waals surface area contributed by atoms with Crippen LogP contribution in [0, 0.1) is 6.92 Å². The van der Waals surface area contributed by atoms with E-state index in [-0.39, 0.29) is 16.4 Å². The number of benzene rings is 3. The lowest BCUT2D eigenvalue weighted by atomic mass is 10.2. The van der Waals surface area contributed by atoms with Crippen LogP contribution in [0.25, 0.3) is 0 Å². The summed E-state index contributed by atoms with van der Waals surface area (Å²) >= 11 is 0. The molecule has 0 radical (unpaired) electrons. The lowest BCUT2D eigenvalue weighted by Gasteiger charge is -2.10. The highest BCUT2D eigenvalue weighted by Gasteiger charge is 2.18. The van der Waals surface area contributed by atoms with Gasteiger partial charge in [-0.1, -0.05) is 17.7 Å². The fourth-order valence-corrected chi connectivity index (χ4v) is 4.53. The average Bonchev–Trinajstić information content (AvgIpc) is 2.68. The molecule has 3 rings (SSSR count). The van der Waals surface area contributed by atoms with Gasteiger partial charge in [0.25, 0.3) is 9.05 Å². The van der Waals surface area contributed by atoms with Crippen molar-refractivity contribution in [2.24, 2.45) is 0 Å². The second kappa shape index (κ2) is 8.34. The molecule has 0 bridgehead atoms. The van der Waals surface area contributed by atoms with Gasteiger partial charge in [-0.25, -0.2) is 12.6 Å². The molecule has 5 nitrogen and oxygen atoms in total. The normalized spacial score (nSPS) is 12.4. The summed E-state index contributed by atoms with van der Waals surface area (Å²) in [6, 6.07) is 18.6. The molecule has 0 fully saturated rings. The summed E-state index contributed by atoms with van der Waals surface area (Å²) in [5, 5.41) is 0. The minimum atomic E-state index is -3.99. The molecule has 8 heteroatoms. The topological polar surface area (TPSA) is 69.7 Å². The molecule has 146 valence electrons. The SMILES string of the molecule is COc1ccc(Oc2ccc(S(=O)c3ccc(C)cc3)cc2)cc1S(=O)(=O)Cl. The molecule has 0 N–H and O–H groups in total. The molecule has 0 aliphatic heterocycles. The Morgan fingerprint density at radius 2 is 1.39 bits per heavy atom. The van der Waals surface area contributed by atoms with E-state index in [4.69, 9.17) is 20.2 Å². The van der Waals surface area contributed by atoms with E-state index in [0.29, 0.717) is 15.5 Å². The van der Waals surface area contributed by atoms with Crippen LogP contribution in [-0.4, -0.2) is 19.7 Å². The predicted octanol–water partition coefficient (Wildman–Crippen LogP) is 4.89. The summed E-state index contributed by atoms with van der Waals surface area (Å²) in [4.78, 5) is 1.17. The van der Waals surface area contributed by atoms with Gasteiger partial charge in [-0.05, 0) is 55.5 Å². The second-order valence-electron chi connectivity index (χ2n) is 5.91. The van der Waals surface area contributed by atoms with Gasteiger partial charge >= 0.3 is 0 Å². The number of halogens is 1. The van der Waals surface area contributed by atoms with Crippen LogP contribution in [0.4, 0.5) is 0 Å². The number of hydrogen-bond donors (Lipinski definition) is 0. The van der Waals surface area contributed by atoms with E-state index < -0.39 is 19.9 Å². The van der Waals surface area contributed by atoms with E-state index in [1.807, 2.05) is 31.2 Å². The maximum absolute atomic E-state index is 12.6. The van der Waals surface area contributed by atoms with Gasteiger partial charge in [0.05, 0.1) is 17.9 Å². The first kappa shape index (κ1) is 20.4. The average molecular weight is 437 g/mol. The van der Waals surface area contributed by atoms with Crippen molar-refractivity contribution in [1.29, 1.82) is 0 Å². The van der Waals surface area contributed by atoms with Crippen molar-refractivity contribution in [3.05, 3.63) is 72.3 Å². The zero-order chi connectivity index (χ0) is 20.3. The molecule has 1 atom stereocenters. The van der Waals surface area contributed by atoms with Crippen LogP contribution in [0.5, 0.6) is 17.2 Å². The standard InChI is InChI=1S/C20H17ClO5S2/c1-14-3-8-17(9-4-14)27(22)18-10-5-15(6-11-18)26-16-7-12-19(25-2)20(13-16)28(21,23)24/h3-13H,1-2H3. The summed E-state index contributed by atoms with van der Waals surface area (Å²) < 4.78 is 46.7. The third-order valence-corrected chi connectivity index (χ3v) is 6.65. The summed E-state index contributed by atoms with van der Waals surface area (Å²) in [7, 11) is 1.52. The number of rotatable bonds is 6. The molecule has 0 amide bonds. The number of methoxy groups -OCH3 is 1. The largest absolute Gasteiger partial charge is 0.495 e. The quantitative estimate of drug-likeness (QED) is 0.514. The van der Waals surface area contributed by atoms with Crippen LogP contribution in [0.2, 0.25) is 0 Å². The van der Waals surface area contributed by atoms with E-state index in [2.05, 4.69) is 0 Å². The highest BCUT2D eigenvalue weighted by atomic mass is 35.7. The maximum atomic E-state index is 12.6. The number of hydrogen-bond acceptors (Lipinski definition) is 5. The first-order chi connectivity index (χ1) is 13.3. The van der Waals surface area contributed by atoms with Crippen molar-refractivity contribution >= 4 is 30.5 Å². The van der Waals surface area contributed by atoms with Gasteiger partial charge in [0.15, 0.2) is 0 Å². The van der Waals surface area contributed by atoms with Gasteiger partial charge < -0.3 is 9.47 Å². The van der Waals surface area contributed by atoms with Crippen molar-refractivity contribution in [2.75, 3.05) is 7.11 Å². The van der Waals surface area contributed by atoms with Crippen molar-refractivity contribution in [1.82, 2.24) is 0 Å². The molecule has 0 spiro atoms. The van der Waals surface area contributed by atoms with Crippen molar-refractivity contribution in [3.8, 4) is 17.2 Å². The zero-order valence-electron chi connectivity index (χ0n) is 15.1. The molecule has 28 heavy (non-hydrogen) atoms. The van der Waals surface area contributed by atoms with Crippen LogP contribution in [-0.2, 0) is 19.9 Å². The molecule has 0 saturated carbocycles. The highest BCUT2D eigenvalue weighted by Crippen LogP contribution is 2.33. The zero-order valence-corrected chi connectivity index (χ0v) is 17.5. The fraction of sp³-hybridized carbons (Fsp3) is 0.100. The predicted molar refractivity (Wildman–Crippen MR) is 108 cm³/mol. The Kier molecular flexibility index (Phi) is 6.07. The van der Waals surface area contributed by atoms with E-state index >= 15 is 0 Å². The van der Waals surface area contributed by atoms with Crippen molar-refractivity contribution in [3.63, 3.8) is 0 Å². The van der Waals surface area contributed by atoms with E-state index in [9.17, 15) is 12.6 Å². The Morgan fingerprint density at radius 3 is 1.93 bits per heavy atom. The lowest BCUT2D eigenvalue weighted by molar-refractivity contribution is 0.400. The van der Waals surface area contributed by atoms with Crippen molar-refractivity contribution < 1.29 is 22.1 Å². The van der Waals surface area contributed by atoms with Gasteiger partial charge in [0.1, 0.15) is 22.1 Å². The fourth-order valence-electron chi connectivity index (χ4n) is 2.48. The van der Waals surface area contributed by atoms with Crippen LogP contribution >= 0.6 is 10.7 Å². The minimum Gasteiger partial charge on any atom is -0.495 e. The van der Waals surface area contributed by atoms with Gasteiger partial charge in [-0.15, -0.1) is 0 Å². The smallest absolute Gasteiger partial charge is 0.265 e. The van der Waals surface area contributed by atoms with E-state index in [1.165, 1.54) is 19.2 Å². The van der Waals surface area contributed by atoms with E-state index in [1.54, 1.807) is 30.3 Å². The van der Waals surface area contributed by atoms with Gasteiger partial charge in [-0.2, -0.15) is 0 Å². The summed E-state index contributed by atoms with van der Waals surface area (Å²) in [6.45, 7) is 1.97. The molecule has 3 aromatic rings. The first-order valence-corrected chi connectivity index (χ1v) is 11.6. The first-order valence-electron chi connectivity index (χ1n) is 8.17. The van der Waals surface area contributed by atoms with Crippen LogP contribution < -0.4 is 9.47 Å². The lowest BCUT2D eigenvalue weighted by Crippen LogP contribution is -1.97. The summed E-state index contributed by atoms with van der Waals surface area (Å²) in [5.41, 5.74) is 1.10. The Hall–Kier alpha value is -2.35. The van der Waals surface area contributed by atoms with Crippen LogP contribution in [0.3, 0.4) is 0 Å². The molecule has 0 aliphatic carbocycles. The van der Waals surface area contributed by atoms with Gasteiger partial charge in [-0.3, -0.25) is 0 Å². The van der Waals surface area contributed by atoms with Crippen LogP contribution in [0.15, 0.2) is 81.4 Å². The Morgan fingerprint density at radius 1 is 0.857 bits per heavy atom. The summed E-state index contributed by atoms with van der Waals surface area (Å²) in [6.07, 6.45) is 0. The third-order valence-electron chi connectivity index (χ3n) is 3.91. The molecule has 0 heterocycles. The Labute approximate surface area is 170 Å². The maximum Gasteiger partial charge on any atom is 0.265 e. The molecular formula is C20H17ClO5S2. The Bertz CT molecular complexity index is 1110. The molecular weight excluding hydrogens is 420 g/mol.